The third kappa shape index (κ3) is 3.37. The first kappa shape index (κ1) is 12.7. The summed E-state index contributed by atoms with van der Waals surface area (Å²) in [6, 6.07) is 4.55. The monoisotopic (exact) mass is 245 g/mol. The second kappa shape index (κ2) is 6.26. The van der Waals surface area contributed by atoms with Crippen LogP contribution in [-0.2, 0) is 19.9 Å². The van der Waals surface area contributed by atoms with Crippen molar-refractivity contribution in [1.82, 2.24) is 25.1 Å². The summed E-state index contributed by atoms with van der Waals surface area (Å²) >= 11 is 0. The molecule has 1 unspecified atom stereocenters. The van der Waals surface area contributed by atoms with E-state index in [0.29, 0.717) is 6.04 Å². The number of likely N-dealkylation sites (N-methyl/N-ethyl adjacent to an activating group) is 1. The van der Waals surface area contributed by atoms with Gasteiger partial charge in [-0.2, -0.15) is 5.10 Å². The second-order valence-electron chi connectivity index (χ2n) is 4.38. The number of hydrogen-bond donors (Lipinski definition) is 1. The Hall–Kier alpha value is -1.75. The first-order chi connectivity index (χ1) is 8.79. The molecule has 0 saturated heterocycles. The second-order valence-corrected chi connectivity index (χ2v) is 4.38. The van der Waals surface area contributed by atoms with Gasteiger partial charge in [0.15, 0.2) is 0 Å². The van der Waals surface area contributed by atoms with Crippen LogP contribution in [0.15, 0.2) is 30.9 Å². The molecule has 0 bridgehead atoms. The largest absolute Gasteiger partial charge is 0.317 e. The number of pyridine rings is 1. The maximum Gasteiger partial charge on any atom is 0.138 e. The third-order valence-electron chi connectivity index (χ3n) is 3.17. The van der Waals surface area contributed by atoms with Gasteiger partial charge in [0.25, 0.3) is 0 Å². The van der Waals surface area contributed by atoms with Crippen LogP contribution in [0.1, 0.15) is 17.8 Å². The van der Waals surface area contributed by atoms with Crippen LogP contribution < -0.4 is 5.32 Å². The minimum Gasteiger partial charge on any atom is -0.317 e. The molecule has 0 saturated carbocycles. The van der Waals surface area contributed by atoms with E-state index in [1.54, 1.807) is 6.33 Å². The molecule has 1 atom stereocenters. The lowest BCUT2D eigenvalue weighted by atomic mass is 10.0. The minimum absolute atomic E-state index is 0.418. The Morgan fingerprint density at radius 2 is 2.11 bits per heavy atom. The molecule has 2 rings (SSSR count). The van der Waals surface area contributed by atoms with Crippen LogP contribution in [0.2, 0.25) is 0 Å². The lowest BCUT2D eigenvalue weighted by molar-refractivity contribution is 0.497. The Morgan fingerprint density at radius 3 is 2.72 bits per heavy atom. The molecule has 2 heterocycles. The number of nitrogens with zero attached hydrogens (tertiary/aromatic N) is 4. The highest BCUT2D eigenvalue weighted by Gasteiger charge is 2.10. The van der Waals surface area contributed by atoms with Gasteiger partial charge < -0.3 is 5.32 Å². The molecule has 5 nitrogen and oxygen atoms in total. The van der Waals surface area contributed by atoms with Crippen LogP contribution in [0, 0.1) is 0 Å². The lowest BCUT2D eigenvalue weighted by Crippen LogP contribution is -2.29. The molecule has 0 radical (unpaired) electrons. The van der Waals surface area contributed by atoms with Gasteiger partial charge >= 0.3 is 0 Å². The van der Waals surface area contributed by atoms with Crippen molar-refractivity contribution in [2.45, 2.75) is 25.3 Å². The van der Waals surface area contributed by atoms with Crippen molar-refractivity contribution in [3.05, 3.63) is 42.2 Å². The maximum absolute atomic E-state index is 4.26. The summed E-state index contributed by atoms with van der Waals surface area (Å²) in [5.41, 5.74) is 1.32. The predicted molar refractivity (Wildman–Crippen MR) is 70.1 cm³/mol. The summed E-state index contributed by atoms with van der Waals surface area (Å²) in [6.45, 7) is 0. The summed E-state index contributed by atoms with van der Waals surface area (Å²) in [7, 11) is 3.92. The summed E-state index contributed by atoms with van der Waals surface area (Å²) in [4.78, 5) is 8.29. The number of aromatic nitrogens is 4. The number of hydrogen-bond acceptors (Lipinski definition) is 4. The molecule has 2 aromatic heterocycles. The van der Waals surface area contributed by atoms with Crippen LogP contribution in [0.5, 0.6) is 0 Å². The van der Waals surface area contributed by atoms with Crippen molar-refractivity contribution < 1.29 is 0 Å². The van der Waals surface area contributed by atoms with Gasteiger partial charge in [-0.05, 0) is 37.6 Å². The average molecular weight is 245 g/mol. The molecular formula is C13H19N5. The van der Waals surface area contributed by atoms with E-state index >= 15 is 0 Å². The highest BCUT2D eigenvalue weighted by Crippen LogP contribution is 2.07. The van der Waals surface area contributed by atoms with E-state index in [4.69, 9.17) is 0 Å². The van der Waals surface area contributed by atoms with Gasteiger partial charge in [-0.25, -0.2) is 4.98 Å². The molecule has 0 fully saturated rings. The van der Waals surface area contributed by atoms with Gasteiger partial charge in [0.2, 0.25) is 0 Å². The van der Waals surface area contributed by atoms with Gasteiger partial charge in [-0.1, -0.05) is 0 Å². The highest BCUT2D eigenvalue weighted by molar-refractivity contribution is 5.10. The molecule has 1 N–H and O–H groups in total. The molecule has 2 aromatic rings. The molecule has 0 aliphatic heterocycles. The Morgan fingerprint density at radius 1 is 1.33 bits per heavy atom. The van der Waals surface area contributed by atoms with Crippen molar-refractivity contribution in [2.75, 3.05) is 7.05 Å². The molecule has 0 amide bonds. The summed E-state index contributed by atoms with van der Waals surface area (Å²) in [5.74, 6) is 1.02. The van der Waals surface area contributed by atoms with E-state index in [2.05, 4.69) is 32.5 Å². The van der Waals surface area contributed by atoms with E-state index in [0.717, 1.165) is 25.1 Å². The normalized spacial score (nSPS) is 12.6. The predicted octanol–water partition coefficient (Wildman–Crippen LogP) is 0.973. The van der Waals surface area contributed by atoms with Gasteiger partial charge in [-0.3, -0.25) is 9.67 Å². The number of nitrogens with one attached hydrogen (secondary N) is 1. The van der Waals surface area contributed by atoms with Gasteiger partial charge in [0.1, 0.15) is 12.2 Å². The van der Waals surface area contributed by atoms with Crippen molar-refractivity contribution in [2.24, 2.45) is 7.05 Å². The van der Waals surface area contributed by atoms with E-state index in [1.807, 2.05) is 31.2 Å². The Labute approximate surface area is 107 Å². The van der Waals surface area contributed by atoms with E-state index < -0.39 is 0 Å². The fourth-order valence-electron chi connectivity index (χ4n) is 1.96. The smallest absolute Gasteiger partial charge is 0.138 e. The van der Waals surface area contributed by atoms with E-state index in [-0.39, 0.29) is 0 Å². The Bertz CT molecular complexity index is 465. The summed E-state index contributed by atoms with van der Waals surface area (Å²) in [5, 5.41) is 7.43. The first-order valence-corrected chi connectivity index (χ1v) is 6.18. The van der Waals surface area contributed by atoms with Gasteiger partial charge in [0, 0.05) is 31.9 Å². The highest BCUT2D eigenvalue weighted by atomic mass is 15.3. The molecule has 0 aliphatic rings. The molecule has 0 aliphatic carbocycles. The van der Waals surface area contributed by atoms with Crippen LogP contribution in [0.25, 0.3) is 0 Å². The standard InChI is InChI=1S/C13H19N5/c1-14-12(9-13-16-10-17-18(13)2)4-3-11-5-7-15-8-6-11/h5-8,10,12,14H,3-4,9H2,1-2H3. The first-order valence-electron chi connectivity index (χ1n) is 6.18. The molecule has 5 heteroatoms. The van der Waals surface area contributed by atoms with Gasteiger partial charge in [0.05, 0.1) is 0 Å². The van der Waals surface area contributed by atoms with Crippen LogP contribution in [0.3, 0.4) is 0 Å². The molecule has 0 spiro atoms. The van der Waals surface area contributed by atoms with Crippen molar-refractivity contribution >= 4 is 0 Å². The molecule has 96 valence electrons. The Balaban J connectivity index is 1.88. The zero-order valence-corrected chi connectivity index (χ0v) is 10.9. The third-order valence-corrected chi connectivity index (χ3v) is 3.17. The quantitative estimate of drug-likeness (QED) is 0.824. The van der Waals surface area contributed by atoms with Gasteiger partial charge in [-0.15, -0.1) is 0 Å². The molecule has 0 aromatic carbocycles. The Kier molecular flexibility index (Phi) is 4.41. The van der Waals surface area contributed by atoms with Crippen molar-refractivity contribution in [3.63, 3.8) is 0 Å². The molecule has 18 heavy (non-hydrogen) atoms. The fourth-order valence-corrected chi connectivity index (χ4v) is 1.96. The van der Waals surface area contributed by atoms with Crippen LogP contribution in [-0.4, -0.2) is 32.8 Å². The van der Waals surface area contributed by atoms with Crippen molar-refractivity contribution in [1.29, 1.82) is 0 Å². The fraction of sp³-hybridized carbons (Fsp3) is 0.462. The van der Waals surface area contributed by atoms with Crippen molar-refractivity contribution in [3.8, 4) is 0 Å². The zero-order valence-electron chi connectivity index (χ0n) is 10.9. The SMILES string of the molecule is CNC(CCc1ccncc1)Cc1ncnn1C. The molecular weight excluding hydrogens is 226 g/mol. The number of aryl methyl sites for hydroxylation is 2. The summed E-state index contributed by atoms with van der Waals surface area (Å²) < 4.78 is 1.83. The van der Waals surface area contributed by atoms with E-state index in [9.17, 15) is 0 Å². The average Bonchev–Trinajstić information content (AvgIpc) is 2.81. The van der Waals surface area contributed by atoms with E-state index in [1.165, 1.54) is 5.56 Å². The van der Waals surface area contributed by atoms with Crippen LogP contribution in [0.4, 0.5) is 0 Å². The topological polar surface area (TPSA) is 55.6 Å². The lowest BCUT2D eigenvalue weighted by Gasteiger charge is -2.15. The number of rotatable bonds is 6. The minimum atomic E-state index is 0.418. The maximum atomic E-state index is 4.26. The zero-order chi connectivity index (χ0) is 12.8. The van der Waals surface area contributed by atoms with Crippen LogP contribution >= 0.6 is 0 Å². The summed E-state index contributed by atoms with van der Waals surface area (Å²) in [6.07, 6.45) is 8.31.